The SMILES string of the molecule is c1ccc(-c2ccc(N(c3ccc(-c4ccccc4)cc3)c3ccc4c(c3)C(c3ccccc3)(c3ccccc3)c3cccc(-c5ccc(-c6cccc7c8ccccc8n(-c8ccccc8)c67)cc5)c3-4)cc2)cc1. The van der Waals surface area contributed by atoms with Gasteiger partial charge in [-0.15, -0.1) is 0 Å². The highest BCUT2D eigenvalue weighted by Crippen LogP contribution is 2.59. The number of nitrogens with zero attached hydrogens (tertiary/aromatic N) is 2. The first-order chi connectivity index (χ1) is 37.2. The van der Waals surface area contributed by atoms with Gasteiger partial charge in [-0.1, -0.05) is 249 Å². The number of fused-ring (bicyclic) bond motifs is 6. The zero-order chi connectivity index (χ0) is 49.7. The van der Waals surface area contributed by atoms with Crippen LogP contribution in [0.5, 0.6) is 0 Å². The number of rotatable bonds is 10. The van der Waals surface area contributed by atoms with E-state index in [0.717, 1.165) is 22.7 Å². The maximum absolute atomic E-state index is 2.48. The minimum absolute atomic E-state index is 0.625. The van der Waals surface area contributed by atoms with Crippen LogP contribution in [0.3, 0.4) is 0 Å². The van der Waals surface area contributed by atoms with Crippen molar-refractivity contribution in [2.45, 2.75) is 5.41 Å². The fourth-order valence-corrected chi connectivity index (χ4v) is 12.1. The van der Waals surface area contributed by atoms with E-state index in [1.54, 1.807) is 0 Å². The Bertz CT molecular complexity index is 4040. The first kappa shape index (κ1) is 44.0. The van der Waals surface area contributed by atoms with Gasteiger partial charge in [0, 0.05) is 39.1 Å². The molecule has 2 nitrogen and oxygen atoms in total. The van der Waals surface area contributed by atoms with Crippen LogP contribution in [0, 0.1) is 0 Å². The largest absolute Gasteiger partial charge is 0.310 e. The van der Waals surface area contributed by atoms with Crippen LogP contribution in [0.25, 0.3) is 83.1 Å². The topological polar surface area (TPSA) is 8.17 Å². The van der Waals surface area contributed by atoms with Crippen molar-refractivity contribution in [1.29, 1.82) is 0 Å². The molecule has 352 valence electrons. The van der Waals surface area contributed by atoms with Crippen molar-refractivity contribution >= 4 is 38.9 Å². The molecule has 0 spiro atoms. The number of benzene rings is 12. The molecule has 2 heteroatoms. The number of anilines is 3. The van der Waals surface area contributed by atoms with E-state index >= 15 is 0 Å². The summed E-state index contributed by atoms with van der Waals surface area (Å²) in [5, 5.41) is 2.50. The monoisotopic (exact) mass is 954 g/mol. The summed E-state index contributed by atoms with van der Waals surface area (Å²) in [7, 11) is 0. The van der Waals surface area contributed by atoms with Gasteiger partial charge >= 0.3 is 0 Å². The van der Waals surface area contributed by atoms with Crippen LogP contribution in [0.4, 0.5) is 17.1 Å². The Hall–Kier alpha value is -9.76. The van der Waals surface area contributed by atoms with Gasteiger partial charge in [0.15, 0.2) is 0 Å². The van der Waals surface area contributed by atoms with Gasteiger partial charge in [0.05, 0.1) is 16.4 Å². The van der Waals surface area contributed by atoms with Crippen LogP contribution >= 0.6 is 0 Å². The number of aromatic nitrogens is 1. The smallest absolute Gasteiger partial charge is 0.0714 e. The lowest BCUT2D eigenvalue weighted by Crippen LogP contribution is -2.28. The molecule has 75 heavy (non-hydrogen) atoms. The number of hydrogen-bond acceptors (Lipinski definition) is 1. The minimum Gasteiger partial charge on any atom is -0.310 e. The van der Waals surface area contributed by atoms with Crippen molar-refractivity contribution < 1.29 is 0 Å². The fraction of sp³-hybridized carbons (Fsp3) is 0.0137. The summed E-state index contributed by atoms with van der Waals surface area (Å²) in [6, 6.07) is 111. The third kappa shape index (κ3) is 7.33. The van der Waals surface area contributed by atoms with Gasteiger partial charge in [-0.3, -0.25) is 0 Å². The zero-order valence-corrected chi connectivity index (χ0v) is 41.3. The van der Waals surface area contributed by atoms with Crippen molar-refractivity contribution in [3.8, 4) is 61.3 Å². The van der Waals surface area contributed by atoms with E-state index in [9.17, 15) is 0 Å². The Morgan fingerprint density at radius 2 is 0.720 bits per heavy atom. The van der Waals surface area contributed by atoms with Gasteiger partial charge in [-0.05, 0) is 127 Å². The average molecular weight is 955 g/mol. The zero-order valence-electron chi connectivity index (χ0n) is 41.3. The molecule has 0 atom stereocenters. The molecule has 1 heterocycles. The molecule has 13 aromatic rings. The summed E-state index contributed by atoms with van der Waals surface area (Å²) in [6.07, 6.45) is 0. The van der Waals surface area contributed by atoms with E-state index in [1.807, 2.05) is 0 Å². The molecular weight excluding hydrogens is 905 g/mol. The molecule has 0 bridgehead atoms. The lowest BCUT2D eigenvalue weighted by Gasteiger charge is -2.35. The second kappa shape index (κ2) is 18.4. The van der Waals surface area contributed by atoms with E-state index in [-0.39, 0.29) is 0 Å². The molecule has 0 saturated heterocycles. The molecule has 0 fully saturated rings. The summed E-state index contributed by atoms with van der Waals surface area (Å²) in [5.41, 5.74) is 23.2. The maximum atomic E-state index is 2.48. The highest BCUT2D eigenvalue weighted by Gasteiger charge is 2.47. The van der Waals surface area contributed by atoms with Crippen molar-refractivity contribution in [2.75, 3.05) is 4.90 Å². The molecule has 1 aliphatic rings. The second-order valence-electron chi connectivity index (χ2n) is 19.6. The first-order valence-corrected chi connectivity index (χ1v) is 25.9. The van der Waals surface area contributed by atoms with Gasteiger partial charge in [-0.2, -0.15) is 0 Å². The van der Waals surface area contributed by atoms with Crippen LogP contribution in [-0.2, 0) is 5.41 Å². The molecule has 14 rings (SSSR count). The van der Waals surface area contributed by atoms with Crippen LogP contribution in [0.2, 0.25) is 0 Å². The molecule has 0 N–H and O–H groups in total. The van der Waals surface area contributed by atoms with Crippen molar-refractivity contribution in [1.82, 2.24) is 4.57 Å². The maximum Gasteiger partial charge on any atom is 0.0714 e. The molecule has 0 unspecified atom stereocenters. The first-order valence-electron chi connectivity index (χ1n) is 25.9. The van der Waals surface area contributed by atoms with Crippen molar-refractivity contribution in [2.24, 2.45) is 0 Å². The third-order valence-corrected chi connectivity index (χ3v) is 15.5. The van der Waals surface area contributed by atoms with Crippen LogP contribution in [0.15, 0.2) is 303 Å². The van der Waals surface area contributed by atoms with E-state index in [4.69, 9.17) is 0 Å². The van der Waals surface area contributed by atoms with E-state index in [1.165, 1.54) is 99.7 Å². The van der Waals surface area contributed by atoms with Crippen LogP contribution in [-0.4, -0.2) is 4.57 Å². The quantitative estimate of drug-likeness (QED) is 0.133. The summed E-state index contributed by atoms with van der Waals surface area (Å²) < 4.78 is 2.43. The van der Waals surface area contributed by atoms with Crippen LogP contribution in [0.1, 0.15) is 22.3 Å². The molecule has 0 amide bonds. The molecule has 0 radical (unpaired) electrons. The van der Waals surface area contributed by atoms with Crippen molar-refractivity contribution in [3.63, 3.8) is 0 Å². The molecular formula is C73H50N2. The van der Waals surface area contributed by atoms with Gasteiger partial charge in [-0.25, -0.2) is 0 Å². The number of para-hydroxylation sites is 3. The standard InChI is InChI=1S/C73H50N2/c1-6-20-51(21-7-1)53-40-44-60(45-41-53)74(61-46-42-54(43-47-61)52-22-8-2-9-23-52)62-48-49-67-69(50-62)73(57-24-10-3-11-25-57,58-26-12-4-13-27-58)68-34-19-31-63(71(67)68)55-36-38-56(39-37-55)64-32-18-33-66-65-30-16-17-35-70(65)75(72(64)66)59-28-14-5-15-29-59/h1-50H. The average Bonchev–Trinajstić information content (AvgIpc) is 4.03. The summed E-state index contributed by atoms with van der Waals surface area (Å²) >= 11 is 0. The van der Waals surface area contributed by atoms with Gasteiger partial charge in [0.2, 0.25) is 0 Å². The highest BCUT2D eigenvalue weighted by atomic mass is 15.1. The van der Waals surface area contributed by atoms with Gasteiger partial charge < -0.3 is 9.47 Å². The lowest BCUT2D eigenvalue weighted by molar-refractivity contribution is 0.768. The summed E-state index contributed by atoms with van der Waals surface area (Å²) in [4.78, 5) is 2.42. The van der Waals surface area contributed by atoms with Gasteiger partial charge in [0.25, 0.3) is 0 Å². The lowest BCUT2D eigenvalue weighted by atomic mass is 9.67. The molecule has 0 saturated carbocycles. The summed E-state index contributed by atoms with van der Waals surface area (Å²) in [6.45, 7) is 0. The number of hydrogen-bond donors (Lipinski definition) is 0. The Morgan fingerprint density at radius 1 is 0.280 bits per heavy atom. The summed E-state index contributed by atoms with van der Waals surface area (Å²) in [5.74, 6) is 0. The molecule has 0 aliphatic heterocycles. The van der Waals surface area contributed by atoms with Crippen molar-refractivity contribution in [3.05, 3.63) is 326 Å². The predicted molar refractivity (Wildman–Crippen MR) is 315 cm³/mol. The normalized spacial score (nSPS) is 12.4. The Balaban J connectivity index is 0.953. The Morgan fingerprint density at radius 3 is 1.31 bits per heavy atom. The second-order valence-corrected chi connectivity index (χ2v) is 19.6. The Kier molecular flexibility index (Phi) is 10.8. The molecule has 1 aliphatic carbocycles. The van der Waals surface area contributed by atoms with E-state index in [0.29, 0.717) is 0 Å². The van der Waals surface area contributed by atoms with Crippen LogP contribution < -0.4 is 4.90 Å². The van der Waals surface area contributed by atoms with Gasteiger partial charge in [0.1, 0.15) is 0 Å². The third-order valence-electron chi connectivity index (χ3n) is 15.5. The minimum atomic E-state index is -0.625. The Labute approximate surface area is 438 Å². The fourth-order valence-electron chi connectivity index (χ4n) is 12.1. The van der Waals surface area contributed by atoms with E-state index < -0.39 is 5.41 Å². The predicted octanol–water partition coefficient (Wildman–Crippen LogP) is 19.3. The molecule has 12 aromatic carbocycles. The molecule has 1 aromatic heterocycles. The van der Waals surface area contributed by atoms with E-state index in [2.05, 4.69) is 313 Å². The highest BCUT2D eigenvalue weighted by molar-refractivity contribution is 6.14.